The Hall–Kier alpha value is -2.48. The number of methoxy groups -OCH3 is 1. The summed E-state index contributed by atoms with van der Waals surface area (Å²) in [6, 6.07) is 10.3. The summed E-state index contributed by atoms with van der Waals surface area (Å²) in [5.74, 6) is -0.439. The van der Waals surface area contributed by atoms with Crippen LogP contribution in [0.15, 0.2) is 41.2 Å². The summed E-state index contributed by atoms with van der Waals surface area (Å²) >= 11 is 6.62. The molecule has 0 radical (unpaired) electrons. The molecule has 0 saturated heterocycles. The number of likely N-dealkylation sites (N-methyl/N-ethyl adjacent to an activating group) is 1. The lowest BCUT2D eigenvalue weighted by Crippen LogP contribution is -2.40. The van der Waals surface area contributed by atoms with E-state index in [2.05, 4.69) is 34.4 Å². The molecule has 170 valence electrons. The second-order valence-corrected chi connectivity index (χ2v) is 8.95. The Bertz CT molecular complexity index is 1170. The van der Waals surface area contributed by atoms with Crippen LogP contribution >= 0.6 is 11.6 Å². The third-order valence-electron chi connectivity index (χ3n) is 6.35. The van der Waals surface area contributed by atoms with Gasteiger partial charge in [-0.1, -0.05) is 36.7 Å². The molecule has 1 aliphatic rings. The van der Waals surface area contributed by atoms with Crippen molar-refractivity contribution in [1.82, 2.24) is 15.1 Å². The van der Waals surface area contributed by atoms with Crippen molar-refractivity contribution in [2.24, 2.45) is 5.92 Å². The fourth-order valence-electron chi connectivity index (χ4n) is 4.56. The van der Waals surface area contributed by atoms with Crippen LogP contribution in [0.2, 0.25) is 5.02 Å². The minimum atomic E-state index is -0.454. The smallest absolute Gasteiger partial charge is 0.272 e. The number of hydrogen-bond donors (Lipinski definition) is 2. The maximum Gasteiger partial charge on any atom is 0.272 e. The largest absolute Gasteiger partial charge is 0.383 e. The highest BCUT2D eigenvalue weighted by Gasteiger charge is 2.37. The predicted molar refractivity (Wildman–Crippen MR) is 126 cm³/mol. The monoisotopic (exact) mass is 458 g/mol. The number of nitrogens with one attached hydrogen (secondary N) is 2. The third-order valence-corrected chi connectivity index (χ3v) is 6.70. The number of rotatable bonds is 8. The van der Waals surface area contributed by atoms with Crippen molar-refractivity contribution in [2.45, 2.75) is 25.3 Å². The lowest BCUT2D eigenvalue weighted by atomic mass is 9.77. The van der Waals surface area contributed by atoms with Crippen molar-refractivity contribution >= 4 is 28.1 Å². The highest BCUT2D eigenvalue weighted by atomic mass is 35.5. The van der Waals surface area contributed by atoms with Crippen molar-refractivity contribution in [3.05, 3.63) is 68.8 Å². The van der Waals surface area contributed by atoms with E-state index in [0.717, 1.165) is 25.1 Å². The zero-order chi connectivity index (χ0) is 22.8. The van der Waals surface area contributed by atoms with Crippen LogP contribution in [0.5, 0.6) is 0 Å². The fourth-order valence-corrected chi connectivity index (χ4v) is 4.82. The van der Waals surface area contributed by atoms with E-state index in [4.69, 9.17) is 16.3 Å². The molecule has 2 aromatic carbocycles. The van der Waals surface area contributed by atoms with E-state index in [9.17, 15) is 9.18 Å². The summed E-state index contributed by atoms with van der Waals surface area (Å²) in [5.41, 5.74) is 1.84. The summed E-state index contributed by atoms with van der Waals surface area (Å²) in [4.78, 5) is 14.6. The molecule has 6 nitrogen and oxygen atoms in total. The van der Waals surface area contributed by atoms with Gasteiger partial charge in [0, 0.05) is 35.8 Å². The van der Waals surface area contributed by atoms with Crippen molar-refractivity contribution in [3.8, 4) is 0 Å². The lowest BCUT2D eigenvalue weighted by molar-refractivity contribution is 0.157. The number of benzene rings is 2. The number of H-pyrrole nitrogens is 1. The number of halogens is 2. The van der Waals surface area contributed by atoms with Crippen molar-refractivity contribution in [1.29, 1.82) is 0 Å². The topological polar surface area (TPSA) is 70.2 Å². The molecule has 3 atom stereocenters. The minimum absolute atomic E-state index is 0.0818. The van der Waals surface area contributed by atoms with E-state index in [-0.39, 0.29) is 17.9 Å². The first-order valence-corrected chi connectivity index (χ1v) is 11.2. The summed E-state index contributed by atoms with van der Waals surface area (Å²) in [6.07, 6.45) is 0.913. The predicted octanol–water partition coefficient (Wildman–Crippen LogP) is 4.25. The van der Waals surface area contributed by atoms with Gasteiger partial charge in [-0.05, 0) is 49.7 Å². The molecule has 8 heteroatoms. The standard InChI is InChI=1S/C24H28ClFN4O2/c1-14(8-9-30(2)10-11-32-3)22-21(16-6-4-5-7-18(16)25)23-20-17(24(31)29-28-23)12-15(26)13-19(20)27-22/h4-7,12-14,21-22,27H,8-11H2,1-3H3,(H,29,31)/t14-,21-,22-/m1/s1. The first-order chi connectivity index (χ1) is 15.4. The van der Waals surface area contributed by atoms with Crippen LogP contribution in [0.3, 0.4) is 0 Å². The molecule has 0 unspecified atom stereocenters. The molecule has 0 bridgehead atoms. The Labute approximate surface area is 191 Å². The molecule has 0 fully saturated rings. The van der Waals surface area contributed by atoms with Crippen molar-refractivity contribution < 1.29 is 9.13 Å². The average Bonchev–Trinajstić information content (AvgIpc) is 2.78. The quantitative estimate of drug-likeness (QED) is 0.528. The first kappa shape index (κ1) is 22.7. The van der Waals surface area contributed by atoms with Crippen LogP contribution in [-0.4, -0.2) is 55.0 Å². The van der Waals surface area contributed by atoms with E-state index in [1.165, 1.54) is 12.1 Å². The molecule has 2 N–H and O–H groups in total. The number of nitrogens with zero attached hydrogens (tertiary/aromatic N) is 2. The molecule has 4 rings (SSSR count). The van der Waals surface area contributed by atoms with Crippen molar-refractivity contribution in [2.75, 3.05) is 39.2 Å². The maximum absolute atomic E-state index is 14.4. The molecule has 1 aromatic heterocycles. The maximum atomic E-state index is 14.4. The Balaban J connectivity index is 1.77. The molecule has 0 aliphatic carbocycles. The molecular weight excluding hydrogens is 431 g/mol. The van der Waals surface area contributed by atoms with Gasteiger partial charge in [0.15, 0.2) is 0 Å². The average molecular weight is 459 g/mol. The Morgan fingerprint density at radius 1 is 1.28 bits per heavy atom. The van der Waals surface area contributed by atoms with Gasteiger partial charge in [0.25, 0.3) is 5.56 Å². The summed E-state index contributed by atoms with van der Waals surface area (Å²) < 4.78 is 19.5. The first-order valence-electron chi connectivity index (χ1n) is 10.8. The fraction of sp³-hybridized carbons (Fsp3) is 0.417. The van der Waals surface area contributed by atoms with Crippen LogP contribution in [0.4, 0.5) is 10.1 Å². The van der Waals surface area contributed by atoms with Crippen LogP contribution in [-0.2, 0) is 4.74 Å². The zero-order valence-corrected chi connectivity index (χ0v) is 19.2. The highest BCUT2D eigenvalue weighted by molar-refractivity contribution is 6.31. The van der Waals surface area contributed by atoms with Crippen LogP contribution in [0, 0.1) is 11.7 Å². The number of hydrogen-bond acceptors (Lipinski definition) is 5. The van der Waals surface area contributed by atoms with Crippen LogP contribution in [0.1, 0.15) is 30.5 Å². The number of ether oxygens (including phenoxy) is 1. The van der Waals surface area contributed by atoms with Crippen molar-refractivity contribution in [3.63, 3.8) is 0 Å². The number of aromatic nitrogens is 2. The molecule has 0 saturated carbocycles. The molecule has 2 heterocycles. The Morgan fingerprint density at radius 2 is 2.06 bits per heavy atom. The van der Waals surface area contributed by atoms with Gasteiger partial charge in [0.2, 0.25) is 0 Å². The summed E-state index contributed by atoms with van der Waals surface area (Å²) in [5, 5.41) is 12.1. The molecule has 32 heavy (non-hydrogen) atoms. The Morgan fingerprint density at radius 3 is 2.81 bits per heavy atom. The van der Waals surface area contributed by atoms with E-state index in [0.29, 0.717) is 33.8 Å². The van der Waals surface area contributed by atoms with E-state index >= 15 is 0 Å². The van der Waals surface area contributed by atoms with E-state index in [1.807, 2.05) is 24.3 Å². The summed E-state index contributed by atoms with van der Waals surface area (Å²) in [7, 11) is 3.77. The van der Waals surface area contributed by atoms with Gasteiger partial charge >= 0.3 is 0 Å². The molecular formula is C24H28ClFN4O2. The van der Waals surface area contributed by atoms with E-state index < -0.39 is 11.4 Å². The van der Waals surface area contributed by atoms with Crippen LogP contribution in [0.25, 0.3) is 10.8 Å². The second-order valence-electron chi connectivity index (χ2n) is 8.55. The SMILES string of the molecule is COCCN(C)CC[C@@H](C)[C@H]1Nc2cc(F)cc3c(=O)[nH]nc(c23)[C@@H]1c1ccccc1Cl. The van der Waals surface area contributed by atoms with Gasteiger partial charge in [-0.25, -0.2) is 9.49 Å². The van der Waals surface area contributed by atoms with E-state index in [1.54, 1.807) is 7.11 Å². The van der Waals surface area contributed by atoms with Gasteiger partial charge in [-0.3, -0.25) is 4.79 Å². The van der Waals surface area contributed by atoms with Gasteiger partial charge in [-0.2, -0.15) is 5.10 Å². The molecule has 0 amide bonds. The Kier molecular flexibility index (Phi) is 6.79. The normalized spacial score (nSPS) is 18.7. The number of anilines is 1. The van der Waals surface area contributed by atoms with Gasteiger partial charge in [-0.15, -0.1) is 0 Å². The van der Waals surface area contributed by atoms with Gasteiger partial charge in [0.05, 0.1) is 23.6 Å². The molecule has 3 aromatic rings. The molecule has 0 spiro atoms. The molecule has 1 aliphatic heterocycles. The second kappa shape index (κ2) is 9.57. The zero-order valence-electron chi connectivity index (χ0n) is 18.5. The van der Waals surface area contributed by atoms with Gasteiger partial charge < -0.3 is 15.0 Å². The highest BCUT2D eigenvalue weighted by Crippen LogP contribution is 2.44. The third kappa shape index (κ3) is 4.37. The number of aromatic amines is 1. The van der Waals surface area contributed by atoms with Gasteiger partial charge in [0.1, 0.15) is 5.82 Å². The lowest BCUT2D eigenvalue weighted by Gasteiger charge is -2.38. The summed E-state index contributed by atoms with van der Waals surface area (Å²) in [6.45, 7) is 4.60. The minimum Gasteiger partial charge on any atom is -0.383 e. The van der Waals surface area contributed by atoms with Crippen LogP contribution < -0.4 is 10.9 Å².